The summed E-state index contributed by atoms with van der Waals surface area (Å²) in [5.74, 6) is 1.95. The normalized spacial score (nSPS) is 52.1. The predicted molar refractivity (Wildman–Crippen MR) is 93.7 cm³/mol. The van der Waals surface area contributed by atoms with Crippen LogP contribution in [0, 0.1) is 34.5 Å². The van der Waals surface area contributed by atoms with E-state index in [9.17, 15) is 14.7 Å². The van der Waals surface area contributed by atoms with E-state index in [-0.39, 0.29) is 29.0 Å². The Hall–Kier alpha value is -0.900. The minimum atomic E-state index is -0.369. The van der Waals surface area contributed by atoms with Crippen LogP contribution in [0.3, 0.4) is 0 Å². The molecule has 0 bridgehead atoms. The second-order valence-electron chi connectivity index (χ2n) is 9.73. The summed E-state index contributed by atoms with van der Waals surface area (Å²) in [6.45, 7) is 5.97. The minimum Gasteiger partial charge on any atom is -0.463 e. The maximum atomic E-state index is 12.5. The number of aliphatic hydroxyl groups excluding tert-OH is 1. The summed E-state index contributed by atoms with van der Waals surface area (Å²) in [4.78, 5) is 23.8. The van der Waals surface area contributed by atoms with Gasteiger partial charge in [-0.05, 0) is 74.0 Å². The van der Waals surface area contributed by atoms with E-state index in [0.29, 0.717) is 42.3 Å². The van der Waals surface area contributed by atoms with Gasteiger partial charge in [-0.25, -0.2) is 0 Å². The smallest absolute Gasteiger partial charge is 0.302 e. The highest BCUT2D eigenvalue weighted by molar-refractivity contribution is 5.87. The monoisotopic (exact) mass is 348 g/mol. The Kier molecular flexibility index (Phi) is 4.06. The van der Waals surface area contributed by atoms with Crippen LogP contribution in [-0.4, -0.2) is 29.1 Å². The number of esters is 1. The van der Waals surface area contributed by atoms with Crippen molar-refractivity contribution in [2.24, 2.45) is 34.5 Å². The number of hydrogen-bond acceptors (Lipinski definition) is 4. The van der Waals surface area contributed by atoms with Crippen LogP contribution >= 0.6 is 0 Å². The summed E-state index contributed by atoms with van der Waals surface area (Å²) in [6.07, 6.45) is 7.16. The van der Waals surface area contributed by atoms with E-state index in [1.807, 2.05) is 0 Å². The van der Waals surface area contributed by atoms with E-state index in [4.69, 9.17) is 4.74 Å². The zero-order chi connectivity index (χ0) is 18.0. The topological polar surface area (TPSA) is 63.6 Å². The van der Waals surface area contributed by atoms with Crippen molar-refractivity contribution in [1.29, 1.82) is 0 Å². The fourth-order valence-electron chi connectivity index (χ4n) is 7.46. The molecule has 4 heteroatoms. The van der Waals surface area contributed by atoms with Gasteiger partial charge in [0.15, 0.2) is 0 Å². The average Bonchev–Trinajstić information content (AvgIpc) is 2.82. The van der Waals surface area contributed by atoms with Crippen LogP contribution in [0.5, 0.6) is 0 Å². The molecule has 8 atom stereocenters. The van der Waals surface area contributed by atoms with E-state index in [1.165, 1.54) is 6.92 Å². The van der Waals surface area contributed by atoms with Crippen LogP contribution in [0.4, 0.5) is 0 Å². The molecule has 25 heavy (non-hydrogen) atoms. The summed E-state index contributed by atoms with van der Waals surface area (Å²) in [6, 6.07) is 0. The summed E-state index contributed by atoms with van der Waals surface area (Å²) < 4.78 is 5.50. The first-order chi connectivity index (χ1) is 11.8. The number of rotatable bonds is 1. The number of Topliss-reactive ketones (excluding diaryl/α,β-unsaturated/α-hetero) is 1. The van der Waals surface area contributed by atoms with E-state index < -0.39 is 0 Å². The standard InChI is InChI=1S/C21H32O4/c1-12(22)25-14-8-9-20(2)13(10-14)4-5-15-16-6-7-18(24)21(16,3)11-17(23)19(15)20/h13-17,19,23H,4-11H2,1-3H3/t13-,14-,15+,16+,17+,19-,20+,21+/m1/s1. The first-order valence-electron chi connectivity index (χ1n) is 10.1. The van der Waals surface area contributed by atoms with Crippen LogP contribution in [0.1, 0.15) is 72.1 Å². The van der Waals surface area contributed by atoms with E-state index in [1.54, 1.807) is 0 Å². The van der Waals surface area contributed by atoms with Crippen molar-refractivity contribution in [2.45, 2.75) is 84.3 Å². The highest BCUT2D eigenvalue weighted by Crippen LogP contribution is 2.65. The molecule has 0 aromatic heterocycles. The lowest BCUT2D eigenvalue weighted by Gasteiger charge is -2.61. The fourth-order valence-corrected chi connectivity index (χ4v) is 7.46. The van der Waals surface area contributed by atoms with Crippen molar-refractivity contribution in [3.63, 3.8) is 0 Å². The van der Waals surface area contributed by atoms with Gasteiger partial charge < -0.3 is 9.84 Å². The second-order valence-corrected chi connectivity index (χ2v) is 9.73. The van der Waals surface area contributed by atoms with Gasteiger partial charge in [0, 0.05) is 18.8 Å². The number of ketones is 1. The Morgan fingerprint density at radius 2 is 1.96 bits per heavy atom. The summed E-state index contributed by atoms with van der Waals surface area (Å²) in [5, 5.41) is 11.1. The van der Waals surface area contributed by atoms with Gasteiger partial charge in [0.25, 0.3) is 0 Å². The molecular weight excluding hydrogens is 316 g/mol. The first-order valence-corrected chi connectivity index (χ1v) is 10.1. The van der Waals surface area contributed by atoms with E-state index >= 15 is 0 Å². The number of hydrogen-bond donors (Lipinski definition) is 1. The predicted octanol–water partition coefficient (Wildman–Crippen LogP) is 3.50. The fraction of sp³-hybridized carbons (Fsp3) is 0.905. The SMILES string of the molecule is CC(=O)O[C@@H]1CC[C@@]2(C)[C@H](CC[C@@H]3[C@@H]2[C@@H](O)C[C@]2(C)C(=O)CC[C@@H]32)C1. The van der Waals surface area contributed by atoms with Crippen molar-refractivity contribution in [1.82, 2.24) is 0 Å². The zero-order valence-electron chi connectivity index (χ0n) is 15.8. The van der Waals surface area contributed by atoms with Gasteiger partial charge in [-0.1, -0.05) is 13.8 Å². The molecule has 0 spiro atoms. The Bertz CT molecular complexity index is 586. The summed E-state index contributed by atoms with van der Waals surface area (Å²) in [5.41, 5.74) is -0.176. The Morgan fingerprint density at radius 1 is 1.20 bits per heavy atom. The Balaban J connectivity index is 1.59. The Labute approximate surface area is 150 Å². The number of carbonyl (C=O) groups is 2. The van der Waals surface area contributed by atoms with Crippen LogP contribution in [0.2, 0.25) is 0 Å². The molecule has 0 aromatic carbocycles. The van der Waals surface area contributed by atoms with Crippen molar-refractivity contribution >= 4 is 11.8 Å². The first kappa shape index (κ1) is 17.5. The number of fused-ring (bicyclic) bond motifs is 5. The van der Waals surface area contributed by atoms with Gasteiger partial charge in [-0.15, -0.1) is 0 Å². The average molecular weight is 348 g/mol. The molecular formula is C21H32O4. The van der Waals surface area contributed by atoms with Gasteiger partial charge in [0.2, 0.25) is 0 Å². The summed E-state index contributed by atoms with van der Waals surface area (Å²) >= 11 is 0. The third kappa shape index (κ3) is 2.50. The molecule has 4 nitrogen and oxygen atoms in total. The molecule has 0 aliphatic heterocycles. The molecule has 0 amide bonds. The van der Waals surface area contributed by atoms with Gasteiger partial charge in [-0.2, -0.15) is 0 Å². The van der Waals surface area contributed by atoms with Gasteiger partial charge in [-0.3, -0.25) is 9.59 Å². The molecule has 4 aliphatic rings. The third-order valence-electron chi connectivity index (χ3n) is 8.59. The lowest BCUT2D eigenvalue weighted by molar-refractivity contribution is -0.181. The maximum Gasteiger partial charge on any atom is 0.302 e. The molecule has 4 rings (SSSR count). The third-order valence-corrected chi connectivity index (χ3v) is 8.59. The van der Waals surface area contributed by atoms with Crippen LogP contribution in [0.15, 0.2) is 0 Å². The van der Waals surface area contributed by atoms with Crippen molar-refractivity contribution in [3.8, 4) is 0 Å². The second kappa shape index (κ2) is 5.80. The molecule has 1 N–H and O–H groups in total. The molecule has 0 aromatic rings. The van der Waals surface area contributed by atoms with Crippen LogP contribution in [0.25, 0.3) is 0 Å². The number of carbonyl (C=O) groups excluding carboxylic acids is 2. The molecule has 4 saturated carbocycles. The molecule has 4 aliphatic carbocycles. The van der Waals surface area contributed by atoms with E-state index in [2.05, 4.69) is 13.8 Å². The molecule has 0 unspecified atom stereocenters. The molecule has 4 fully saturated rings. The van der Waals surface area contributed by atoms with Crippen molar-refractivity contribution in [2.75, 3.05) is 0 Å². The highest BCUT2D eigenvalue weighted by Gasteiger charge is 2.63. The largest absolute Gasteiger partial charge is 0.463 e. The van der Waals surface area contributed by atoms with Crippen molar-refractivity contribution < 1.29 is 19.4 Å². The van der Waals surface area contributed by atoms with Crippen molar-refractivity contribution in [3.05, 3.63) is 0 Å². The molecule has 0 heterocycles. The lowest BCUT2D eigenvalue weighted by atomic mass is 9.44. The summed E-state index contributed by atoms with van der Waals surface area (Å²) in [7, 11) is 0. The number of aliphatic hydroxyl groups is 1. The highest BCUT2D eigenvalue weighted by atomic mass is 16.5. The van der Waals surface area contributed by atoms with Gasteiger partial charge in [0.1, 0.15) is 11.9 Å². The van der Waals surface area contributed by atoms with Gasteiger partial charge in [0.05, 0.1) is 6.10 Å². The quantitative estimate of drug-likeness (QED) is 0.737. The minimum absolute atomic E-state index is 0.0474. The molecule has 0 saturated heterocycles. The Morgan fingerprint density at radius 3 is 2.68 bits per heavy atom. The molecule has 0 radical (unpaired) electrons. The molecule has 140 valence electrons. The maximum absolute atomic E-state index is 12.5. The lowest BCUT2D eigenvalue weighted by Crippen LogP contribution is -2.59. The van der Waals surface area contributed by atoms with E-state index in [0.717, 1.165) is 38.5 Å². The van der Waals surface area contributed by atoms with Crippen LogP contribution < -0.4 is 0 Å². The van der Waals surface area contributed by atoms with Gasteiger partial charge >= 0.3 is 5.97 Å². The number of ether oxygens (including phenoxy) is 1. The van der Waals surface area contributed by atoms with Crippen LogP contribution in [-0.2, 0) is 14.3 Å². The zero-order valence-corrected chi connectivity index (χ0v) is 15.8.